The molecule has 4 heteroatoms. The Kier molecular flexibility index (Phi) is 5.96. The number of hydrogen-bond donors (Lipinski definition) is 1. The molecular weight excluding hydrogens is 390 g/mol. The SMILES string of the molecule is COc1ccc(N(S)c2ccc(OC)c(-c3ccccc3)c2)cc1-c1ccccc1. The van der Waals surface area contributed by atoms with Crippen LogP contribution in [0.15, 0.2) is 97.1 Å². The fraction of sp³-hybridized carbons (Fsp3) is 0.0769. The van der Waals surface area contributed by atoms with Crippen molar-refractivity contribution in [3.8, 4) is 33.8 Å². The van der Waals surface area contributed by atoms with E-state index in [0.29, 0.717) is 0 Å². The van der Waals surface area contributed by atoms with Crippen LogP contribution >= 0.6 is 12.8 Å². The van der Waals surface area contributed by atoms with Crippen LogP contribution in [0, 0.1) is 0 Å². The Bertz CT molecular complexity index is 1040. The third-order valence-electron chi connectivity index (χ3n) is 5.02. The number of anilines is 2. The number of rotatable bonds is 6. The minimum atomic E-state index is 0.825. The predicted molar refractivity (Wildman–Crippen MR) is 128 cm³/mol. The van der Waals surface area contributed by atoms with Crippen molar-refractivity contribution >= 4 is 24.2 Å². The van der Waals surface area contributed by atoms with Crippen molar-refractivity contribution in [1.29, 1.82) is 0 Å². The van der Waals surface area contributed by atoms with Gasteiger partial charge in [-0.3, -0.25) is 4.31 Å². The summed E-state index contributed by atoms with van der Waals surface area (Å²) in [5.74, 6) is 1.65. The van der Waals surface area contributed by atoms with Gasteiger partial charge in [-0.05, 0) is 47.5 Å². The lowest BCUT2D eigenvalue weighted by atomic mass is 10.0. The maximum absolute atomic E-state index is 5.59. The molecule has 0 bridgehead atoms. The predicted octanol–water partition coefficient (Wildman–Crippen LogP) is 7.02. The topological polar surface area (TPSA) is 21.7 Å². The molecule has 0 saturated carbocycles. The highest BCUT2D eigenvalue weighted by molar-refractivity contribution is 7.82. The van der Waals surface area contributed by atoms with E-state index < -0.39 is 0 Å². The van der Waals surface area contributed by atoms with Gasteiger partial charge in [-0.25, -0.2) is 0 Å². The summed E-state index contributed by atoms with van der Waals surface area (Å²) in [6.45, 7) is 0. The Morgan fingerprint density at radius 3 is 1.33 bits per heavy atom. The summed E-state index contributed by atoms with van der Waals surface area (Å²) < 4.78 is 13.0. The second-order valence-corrected chi connectivity index (χ2v) is 7.21. The number of ether oxygens (including phenoxy) is 2. The van der Waals surface area contributed by atoms with Crippen molar-refractivity contribution in [3.63, 3.8) is 0 Å². The molecule has 0 aromatic heterocycles. The molecule has 0 aliphatic carbocycles. The van der Waals surface area contributed by atoms with Gasteiger partial charge in [0.05, 0.1) is 25.6 Å². The molecule has 0 atom stereocenters. The largest absolute Gasteiger partial charge is 0.496 e. The Morgan fingerprint density at radius 1 is 0.567 bits per heavy atom. The second-order valence-electron chi connectivity index (χ2n) is 6.81. The van der Waals surface area contributed by atoms with E-state index in [9.17, 15) is 0 Å². The van der Waals surface area contributed by atoms with Crippen LogP contribution in [-0.2, 0) is 0 Å². The molecule has 4 rings (SSSR count). The lowest BCUT2D eigenvalue weighted by Gasteiger charge is -2.21. The molecule has 30 heavy (non-hydrogen) atoms. The summed E-state index contributed by atoms with van der Waals surface area (Å²) in [6, 6.07) is 32.5. The molecule has 3 nitrogen and oxygen atoms in total. The highest BCUT2D eigenvalue weighted by Gasteiger charge is 2.14. The summed E-state index contributed by atoms with van der Waals surface area (Å²) in [5.41, 5.74) is 6.12. The third kappa shape index (κ3) is 4.00. The molecule has 0 aliphatic heterocycles. The van der Waals surface area contributed by atoms with Gasteiger partial charge in [0.15, 0.2) is 0 Å². The first kappa shape index (κ1) is 19.9. The molecular formula is C26H23NO2S. The van der Waals surface area contributed by atoms with Gasteiger partial charge >= 0.3 is 0 Å². The third-order valence-corrected chi connectivity index (χ3v) is 5.49. The lowest BCUT2D eigenvalue weighted by molar-refractivity contribution is 0.416. The summed E-state index contributed by atoms with van der Waals surface area (Å²) in [7, 11) is 3.38. The molecule has 0 unspecified atom stereocenters. The van der Waals surface area contributed by atoms with Crippen LogP contribution in [0.25, 0.3) is 22.3 Å². The molecule has 0 heterocycles. The molecule has 4 aromatic carbocycles. The zero-order chi connectivity index (χ0) is 20.9. The summed E-state index contributed by atoms with van der Waals surface area (Å²) in [5, 5.41) is 0. The van der Waals surface area contributed by atoms with Crippen molar-refractivity contribution in [2.75, 3.05) is 18.5 Å². The van der Waals surface area contributed by atoms with Crippen LogP contribution in [0.1, 0.15) is 0 Å². The first-order chi connectivity index (χ1) is 14.7. The number of hydrogen-bond acceptors (Lipinski definition) is 4. The molecule has 150 valence electrons. The van der Waals surface area contributed by atoms with Crippen molar-refractivity contribution in [1.82, 2.24) is 0 Å². The van der Waals surface area contributed by atoms with Crippen LogP contribution in [-0.4, -0.2) is 14.2 Å². The number of benzene rings is 4. The van der Waals surface area contributed by atoms with E-state index >= 15 is 0 Å². The van der Waals surface area contributed by atoms with Crippen molar-refractivity contribution in [2.24, 2.45) is 0 Å². The fourth-order valence-electron chi connectivity index (χ4n) is 3.49. The minimum absolute atomic E-state index is 0.825. The first-order valence-corrected chi connectivity index (χ1v) is 10.1. The van der Waals surface area contributed by atoms with Crippen LogP contribution in [0.2, 0.25) is 0 Å². The second kappa shape index (κ2) is 8.97. The van der Waals surface area contributed by atoms with Gasteiger partial charge in [0.25, 0.3) is 0 Å². The smallest absolute Gasteiger partial charge is 0.126 e. The fourth-order valence-corrected chi connectivity index (χ4v) is 3.74. The van der Waals surface area contributed by atoms with E-state index in [0.717, 1.165) is 45.1 Å². The Labute approximate surface area is 183 Å². The Hall–Kier alpha value is -3.37. The zero-order valence-corrected chi connectivity index (χ0v) is 17.8. The molecule has 0 N–H and O–H groups in total. The normalized spacial score (nSPS) is 10.5. The Balaban J connectivity index is 1.76. The molecule has 0 aliphatic rings. The highest BCUT2D eigenvalue weighted by atomic mass is 32.1. The van der Waals surface area contributed by atoms with Crippen molar-refractivity contribution in [2.45, 2.75) is 0 Å². The maximum atomic E-state index is 5.59. The Morgan fingerprint density at radius 2 is 0.967 bits per heavy atom. The van der Waals surface area contributed by atoms with Crippen LogP contribution in [0.4, 0.5) is 11.4 Å². The standard InChI is InChI=1S/C26H23NO2S/c1-28-25-15-13-21(17-23(25)19-9-5-3-6-10-19)27(30)22-14-16-26(29-2)24(18-22)20-11-7-4-8-12-20/h3-18,30H,1-2H3. The summed E-state index contributed by atoms with van der Waals surface area (Å²) in [6.07, 6.45) is 0. The zero-order valence-electron chi connectivity index (χ0n) is 16.9. The average Bonchev–Trinajstić information content (AvgIpc) is 2.84. The van der Waals surface area contributed by atoms with E-state index in [-0.39, 0.29) is 0 Å². The lowest BCUT2D eigenvalue weighted by Crippen LogP contribution is -2.03. The van der Waals surface area contributed by atoms with Gasteiger partial charge < -0.3 is 9.47 Å². The van der Waals surface area contributed by atoms with Gasteiger partial charge in [-0.15, -0.1) is 0 Å². The maximum Gasteiger partial charge on any atom is 0.126 e. The van der Waals surface area contributed by atoms with E-state index in [1.54, 1.807) is 14.2 Å². The van der Waals surface area contributed by atoms with E-state index in [1.165, 1.54) is 0 Å². The van der Waals surface area contributed by atoms with Crippen LogP contribution in [0.5, 0.6) is 11.5 Å². The van der Waals surface area contributed by atoms with E-state index in [2.05, 4.69) is 36.4 Å². The summed E-state index contributed by atoms with van der Waals surface area (Å²) >= 11 is 4.81. The monoisotopic (exact) mass is 413 g/mol. The number of thiol groups is 1. The van der Waals surface area contributed by atoms with Crippen molar-refractivity contribution in [3.05, 3.63) is 97.1 Å². The van der Waals surface area contributed by atoms with Gasteiger partial charge in [-0.1, -0.05) is 73.5 Å². The highest BCUT2D eigenvalue weighted by Crippen LogP contribution is 2.39. The molecule has 0 amide bonds. The quantitative estimate of drug-likeness (QED) is 0.343. The minimum Gasteiger partial charge on any atom is -0.496 e. The van der Waals surface area contributed by atoms with E-state index in [4.69, 9.17) is 22.3 Å². The first-order valence-electron chi connectivity index (χ1n) is 9.67. The average molecular weight is 414 g/mol. The van der Waals surface area contributed by atoms with Gasteiger partial charge in [0, 0.05) is 11.1 Å². The molecule has 4 aromatic rings. The van der Waals surface area contributed by atoms with Crippen LogP contribution < -0.4 is 13.8 Å². The molecule has 0 fully saturated rings. The van der Waals surface area contributed by atoms with E-state index in [1.807, 2.05) is 65.0 Å². The van der Waals surface area contributed by atoms with Gasteiger partial charge in [0.2, 0.25) is 0 Å². The van der Waals surface area contributed by atoms with Gasteiger partial charge in [0.1, 0.15) is 11.5 Å². The van der Waals surface area contributed by atoms with Gasteiger partial charge in [-0.2, -0.15) is 0 Å². The molecule has 0 saturated heterocycles. The molecule has 0 spiro atoms. The number of nitrogens with zero attached hydrogens (tertiary/aromatic N) is 1. The van der Waals surface area contributed by atoms with Crippen LogP contribution in [0.3, 0.4) is 0 Å². The summed E-state index contributed by atoms with van der Waals surface area (Å²) in [4.78, 5) is 0. The number of methoxy groups -OCH3 is 2. The molecule has 0 radical (unpaired) electrons. The van der Waals surface area contributed by atoms with Crippen molar-refractivity contribution < 1.29 is 9.47 Å².